The highest BCUT2D eigenvalue weighted by atomic mass is 16.2. The van der Waals surface area contributed by atoms with Gasteiger partial charge >= 0.3 is 0 Å². The molecule has 0 bridgehead atoms. The Morgan fingerprint density at radius 1 is 1.38 bits per heavy atom. The van der Waals surface area contributed by atoms with Gasteiger partial charge in [0.2, 0.25) is 5.91 Å². The smallest absolute Gasteiger partial charge is 0.224 e. The molecule has 1 fully saturated rings. The van der Waals surface area contributed by atoms with E-state index >= 15 is 0 Å². The van der Waals surface area contributed by atoms with Crippen LogP contribution in [0, 0.1) is 11.3 Å². The van der Waals surface area contributed by atoms with E-state index in [1.54, 1.807) is 0 Å². The fraction of sp³-hybridized carbons (Fsp3) is 0.923. The number of rotatable bonds is 2. The van der Waals surface area contributed by atoms with E-state index in [1.807, 2.05) is 4.90 Å². The summed E-state index contributed by atoms with van der Waals surface area (Å²) in [6.07, 6.45) is 2.75. The molecule has 0 radical (unpaired) electrons. The van der Waals surface area contributed by atoms with E-state index in [1.165, 1.54) is 0 Å². The van der Waals surface area contributed by atoms with Gasteiger partial charge in [0.1, 0.15) is 0 Å². The lowest BCUT2D eigenvalue weighted by Crippen LogP contribution is -2.44. The molecule has 0 aromatic heterocycles. The highest BCUT2D eigenvalue weighted by Gasteiger charge is 2.27. The topological polar surface area (TPSA) is 46.3 Å². The van der Waals surface area contributed by atoms with E-state index in [0.29, 0.717) is 6.42 Å². The van der Waals surface area contributed by atoms with Gasteiger partial charge in [-0.05, 0) is 24.2 Å². The highest BCUT2D eigenvalue weighted by molar-refractivity contribution is 5.77. The summed E-state index contributed by atoms with van der Waals surface area (Å²) < 4.78 is 0. The molecule has 1 unspecified atom stereocenters. The van der Waals surface area contributed by atoms with E-state index in [4.69, 9.17) is 5.73 Å². The molecular weight excluding hydrogens is 200 g/mol. The molecule has 1 amide bonds. The van der Waals surface area contributed by atoms with Crippen LogP contribution in [-0.4, -0.2) is 29.9 Å². The maximum atomic E-state index is 12.0. The largest absolute Gasteiger partial charge is 0.343 e. The van der Waals surface area contributed by atoms with Gasteiger partial charge in [0.15, 0.2) is 0 Å². The number of amides is 1. The minimum Gasteiger partial charge on any atom is -0.343 e. The monoisotopic (exact) mass is 226 g/mol. The lowest BCUT2D eigenvalue weighted by molar-refractivity contribution is -0.133. The molecule has 1 atom stereocenters. The van der Waals surface area contributed by atoms with Crippen molar-refractivity contribution in [2.45, 2.75) is 53.0 Å². The average Bonchev–Trinajstić information content (AvgIpc) is 2.17. The van der Waals surface area contributed by atoms with Crippen LogP contribution in [0.5, 0.6) is 0 Å². The Bertz CT molecular complexity index is 237. The average molecular weight is 226 g/mol. The maximum Gasteiger partial charge on any atom is 0.224 e. The third-order valence-corrected chi connectivity index (χ3v) is 3.64. The van der Waals surface area contributed by atoms with Crippen LogP contribution in [0.25, 0.3) is 0 Å². The molecule has 1 saturated heterocycles. The Labute approximate surface area is 99.4 Å². The Balaban J connectivity index is 2.41. The van der Waals surface area contributed by atoms with Crippen LogP contribution >= 0.6 is 0 Å². The van der Waals surface area contributed by atoms with Crippen molar-refractivity contribution in [2.75, 3.05) is 13.1 Å². The Kier molecular flexibility index (Phi) is 4.36. The SMILES string of the molecule is CC1CCN(C(=O)CC(N)C(C)(C)C)CC1. The first kappa shape index (κ1) is 13.5. The summed E-state index contributed by atoms with van der Waals surface area (Å²) in [6.45, 7) is 10.3. The first-order valence-corrected chi connectivity index (χ1v) is 6.34. The van der Waals surface area contributed by atoms with Crippen LogP contribution in [0.3, 0.4) is 0 Å². The fourth-order valence-corrected chi connectivity index (χ4v) is 1.88. The van der Waals surface area contributed by atoms with Gasteiger partial charge in [-0.1, -0.05) is 27.7 Å². The molecule has 0 aromatic rings. The minimum atomic E-state index is -0.0423. The van der Waals surface area contributed by atoms with Crippen LogP contribution in [0.4, 0.5) is 0 Å². The van der Waals surface area contributed by atoms with Crippen molar-refractivity contribution in [3.8, 4) is 0 Å². The van der Waals surface area contributed by atoms with E-state index in [-0.39, 0.29) is 17.4 Å². The summed E-state index contributed by atoms with van der Waals surface area (Å²) in [5.41, 5.74) is 6.05. The van der Waals surface area contributed by atoms with Crippen LogP contribution < -0.4 is 5.73 Å². The van der Waals surface area contributed by atoms with Gasteiger partial charge in [0.05, 0.1) is 0 Å². The molecule has 2 N–H and O–H groups in total. The number of carbonyl (C=O) groups excluding carboxylic acids is 1. The van der Waals surface area contributed by atoms with Crippen molar-refractivity contribution in [3.05, 3.63) is 0 Å². The van der Waals surface area contributed by atoms with E-state index in [2.05, 4.69) is 27.7 Å². The lowest BCUT2D eigenvalue weighted by Gasteiger charge is -2.33. The quantitative estimate of drug-likeness (QED) is 0.783. The second-order valence-electron chi connectivity index (χ2n) is 6.24. The molecule has 1 rings (SSSR count). The molecule has 3 heteroatoms. The van der Waals surface area contributed by atoms with Gasteiger partial charge in [-0.2, -0.15) is 0 Å². The van der Waals surface area contributed by atoms with Gasteiger partial charge in [-0.15, -0.1) is 0 Å². The molecule has 0 saturated carbocycles. The van der Waals surface area contributed by atoms with Gasteiger partial charge in [-0.3, -0.25) is 4.79 Å². The molecule has 16 heavy (non-hydrogen) atoms. The minimum absolute atomic E-state index is 0.0126. The molecule has 94 valence electrons. The number of hydrogen-bond acceptors (Lipinski definition) is 2. The van der Waals surface area contributed by atoms with Crippen LogP contribution in [-0.2, 0) is 4.79 Å². The maximum absolute atomic E-state index is 12.0. The van der Waals surface area contributed by atoms with Crippen LogP contribution in [0.15, 0.2) is 0 Å². The third-order valence-electron chi connectivity index (χ3n) is 3.64. The molecular formula is C13H26N2O. The Morgan fingerprint density at radius 3 is 2.31 bits per heavy atom. The molecule has 1 heterocycles. The predicted molar refractivity (Wildman–Crippen MR) is 67.0 cm³/mol. The standard InChI is InChI=1S/C13H26N2O/c1-10-5-7-15(8-6-10)12(16)9-11(14)13(2,3)4/h10-11H,5-9,14H2,1-4H3. The molecule has 0 aliphatic carbocycles. The zero-order valence-corrected chi connectivity index (χ0v) is 11.1. The lowest BCUT2D eigenvalue weighted by atomic mass is 9.85. The zero-order valence-electron chi connectivity index (χ0n) is 11.1. The number of hydrogen-bond donors (Lipinski definition) is 1. The summed E-state index contributed by atoms with van der Waals surface area (Å²) in [7, 11) is 0. The first-order chi connectivity index (χ1) is 7.30. The normalized spacial score (nSPS) is 20.9. The summed E-state index contributed by atoms with van der Waals surface area (Å²) in [5, 5.41) is 0. The number of piperidine rings is 1. The van der Waals surface area contributed by atoms with Crippen molar-refractivity contribution in [2.24, 2.45) is 17.1 Å². The van der Waals surface area contributed by atoms with Gasteiger partial charge in [0.25, 0.3) is 0 Å². The summed E-state index contributed by atoms with van der Waals surface area (Å²) in [5.74, 6) is 0.995. The second kappa shape index (κ2) is 5.17. The first-order valence-electron chi connectivity index (χ1n) is 6.34. The van der Waals surface area contributed by atoms with Gasteiger partial charge in [0, 0.05) is 25.6 Å². The number of carbonyl (C=O) groups is 1. The third kappa shape index (κ3) is 3.78. The fourth-order valence-electron chi connectivity index (χ4n) is 1.88. The van der Waals surface area contributed by atoms with Crippen LogP contribution in [0.2, 0.25) is 0 Å². The van der Waals surface area contributed by atoms with Crippen LogP contribution in [0.1, 0.15) is 47.0 Å². The molecule has 1 aliphatic heterocycles. The number of nitrogens with two attached hydrogens (primary N) is 1. The summed E-state index contributed by atoms with van der Waals surface area (Å²) in [4.78, 5) is 14.0. The molecule has 0 aromatic carbocycles. The molecule has 3 nitrogen and oxygen atoms in total. The predicted octanol–water partition coefficient (Wildman–Crippen LogP) is 2.01. The number of likely N-dealkylation sites (tertiary alicyclic amines) is 1. The van der Waals surface area contributed by atoms with E-state index in [0.717, 1.165) is 31.8 Å². The van der Waals surface area contributed by atoms with Gasteiger partial charge in [-0.25, -0.2) is 0 Å². The Hall–Kier alpha value is -0.570. The summed E-state index contributed by atoms with van der Waals surface area (Å²) >= 11 is 0. The van der Waals surface area contributed by atoms with Crippen molar-refractivity contribution in [1.82, 2.24) is 4.90 Å². The van der Waals surface area contributed by atoms with Crippen molar-refractivity contribution < 1.29 is 4.79 Å². The van der Waals surface area contributed by atoms with E-state index < -0.39 is 0 Å². The highest BCUT2D eigenvalue weighted by Crippen LogP contribution is 2.22. The summed E-state index contributed by atoms with van der Waals surface area (Å²) in [6, 6.07) is -0.0423. The molecule has 1 aliphatic rings. The van der Waals surface area contributed by atoms with Crippen molar-refractivity contribution >= 4 is 5.91 Å². The van der Waals surface area contributed by atoms with Crippen molar-refractivity contribution in [1.29, 1.82) is 0 Å². The zero-order chi connectivity index (χ0) is 12.3. The van der Waals surface area contributed by atoms with Gasteiger partial charge < -0.3 is 10.6 Å². The Morgan fingerprint density at radius 2 is 1.88 bits per heavy atom. The second-order valence-corrected chi connectivity index (χ2v) is 6.24. The number of nitrogens with zero attached hydrogens (tertiary/aromatic N) is 1. The molecule has 0 spiro atoms. The van der Waals surface area contributed by atoms with Crippen molar-refractivity contribution in [3.63, 3.8) is 0 Å². The van der Waals surface area contributed by atoms with E-state index in [9.17, 15) is 4.79 Å².